The van der Waals surface area contributed by atoms with Gasteiger partial charge in [0.25, 0.3) is 0 Å². The van der Waals surface area contributed by atoms with Crippen LogP contribution in [0, 0.1) is 0 Å². The van der Waals surface area contributed by atoms with Gasteiger partial charge in [-0.25, -0.2) is 0 Å². The molecule has 0 unspecified atom stereocenters. The molecule has 3 nitrogen and oxygen atoms in total. The van der Waals surface area contributed by atoms with E-state index in [0.717, 1.165) is 13.0 Å². The maximum absolute atomic E-state index is 8.74. The topological polar surface area (TPSA) is 52.5 Å². The highest BCUT2D eigenvalue weighted by Gasteiger charge is 2.12. The van der Waals surface area contributed by atoms with Gasteiger partial charge in [-0.3, -0.25) is 0 Å². The summed E-state index contributed by atoms with van der Waals surface area (Å²) < 4.78 is 0. The van der Waals surface area contributed by atoms with Gasteiger partial charge in [0.1, 0.15) is 0 Å². The first-order valence-electron chi connectivity index (χ1n) is 3.21. The predicted molar refractivity (Wildman–Crippen MR) is 36.0 cm³/mol. The third kappa shape index (κ3) is 7.88. The summed E-state index contributed by atoms with van der Waals surface area (Å²) >= 11 is 0. The van der Waals surface area contributed by atoms with Gasteiger partial charge in [-0.15, -0.1) is 0 Å². The molecular weight excluding hydrogens is 118 g/mol. The maximum atomic E-state index is 8.74. The second kappa shape index (κ2) is 3.82. The van der Waals surface area contributed by atoms with E-state index in [0.29, 0.717) is 0 Å². The lowest BCUT2D eigenvalue weighted by atomic mass is 10.3. The summed E-state index contributed by atoms with van der Waals surface area (Å²) in [7, 11) is 0. The normalized spacial score (nSPS) is 12.0. The van der Waals surface area contributed by atoms with Gasteiger partial charge < -0.3 is 15.5 Å². The zero-order chi connectivity index (χ0) is 7.33. The standard InChI is InChI=1S/C6H15NO2/c1-3-4-7-5-6(2,8)9/h7-9H,3-5H2,1-2H3. The summed E-state index contributed by atoms with van der Waals surface area (Å²) in [6.07, 6.45) is 1.01. The molecule has 0 aliphatic rings. The summed E-state index contributed by atoms with van der Waals surface area (Å²) in [5.74, 6) is -1.56. The fourth-order valence-corrected chi connectivity index (χ4v) is 0.502. The lowest BCUT2D eigenvalue weighted by Crippen LogP contribution is -2.37. The Bertz CT molecular complexity index is 67.9. The van der Waals surface area contributed by atoms with Crippen LogP contribution in [0.2, 0.25) is 0 Å². The summed E-state index contributed by atoms with van der Waals surface area (Å²) in [5.41, 5.74) is 0. The molecule has 0 aliphatic carbocycles. The van der Waals surface area contributed by atoms with Crippen LogP contribution in [0.5, 0.6) is 0 Å². The van der Waals surface area contributed by atoms with Crippen LogP contribution < -0.4 is 5.32 Å². The molecule has 0 aromatic rings. The van der Waals surface area contributed by atoms with Gasteiger partial charge in [0.15, 0.2) is 5.79 Å². The van der Waals surface area contributed by atoms with E-state index in [1.165, 1.54) is 6.92 Å². The largest absolute Gasteiger partial charge is 0.365 e. The van der Waals surface area contributed by atoms with Crippen LogP contribution in [0.4, 0.5) is 0 Å². The molecule has 0 amide bonds. The van der Waals surface area contributed by atoms with Crippen molar-refractivity contribution in [3.63, 3.8) is 0 Å². The van der Waals surface area contributed by atoms with Crippen LogP contribution in [0.3, 0.4) is 0 Å². The highest BCUT2D eigenvalue weighted by Crippen LogP contribution is 1.91. The molecule has 0 heterocycles. The molecule has 3 heteroatoms. The minimum atomic E-state index is -1.56. The zero-order valence-corrected chi connectivity index (χ0v) is 6.02. The van der Waals surface area contributed by atoms with Gasteiger partial charge in [0, 0.05) is 6.54 Å². The van der Waals surface area contributed by atoms with Crippen LogP contribution in [0.25, 0.3) is 0 Å². The minimum absolute atomic E-state index is 0.237. The Morgan fingerprint density at radius 3 is 2.33 bits per heavy atom. The Morgan fingerprint density at radius 1 is 1.44 bits per heavy atom. The molecule has 9 heavy (non-hydrogen) atoms. The monoisotopic (exact) mass is 133 g/mol. The average molecular weight is 133 g/mol. The van der Waals surface area contributed by atoms with Gasteiger partial charge in [-0.2, -0.15) is 0 Å². The van der Waals surface area contributed by atoms with Crippen LogP contribution >= 0.6 is 0 Å². The molecule has 0 saturated carbocycles. The van der Waals surface area contributed by atoms with Gasteiger partial charge in [0.05, 0.1) is 0 Å². The summed E-state index contributed by atoms with van der Waals surface area (Å²) in [5, 5.41) is 20.3. The molecule has 3 N–H and O–H groups in total. The molecule has 0 spiro atoms. The highest BCUT2D eigenvalue weighted by molar-refractivity contribution is 4.59. The number of rotatable bonds is 4. The molecule has 0 saturated heterocycles. The molecular formula is C6H15NO2. The summed E-state index contributed by atoms with van der Waals surface area (Å²) in [6.45, 7) is 4.45. The third-order valence-corrected chi connectivity index (χ3v) is 0.887. The number of hydrogen-bond donors (Lipinski definition) is 3. The molecule has 0 fully saturated rings. The second-order valence-corrected chi connectivity index (χ2v) is 2.39. The van der Waals surface area contributed by atoms with Crippen molar-refractivity contribution >= 4 is 0 Å². The van der Waals surface area contributed by atoms with Crippen LogP contribution in [0.1, 0.15) is 20.3 Å². The third-order valence-electron chi connectivity index (χ3n) is 0.887. The van der Waals surface area contributed by atoms with Crippen LogP contribution in [0.15, 0.2) is 0 Å². The SMILES string of the molecule is CCCNCC(C)(O)O. The molecule has 56 valence electrons. The second-order valence-electron chi connectivity index (χ2n) is 2.39. The lowest BCUT2D eigenvalue weighted by Gasteiger charge is -2.15. The molecule has 0 atom stereocenters. The van der Waals surface area contributed by atoms with Crippen molar-refractivity contribution in [2.24, 2.45) is 0 Å². The fraction of sp³-hybridized carbons (Fsp3) is 1.00. The summed E-state index contributed by atoms with van der Waals surface area (Å²) in [6, 6.07) is 0. The number of aliphatic hydroxyl groups is 2. The van der Waals surface area contributed by atoms with Gasteiger partial charge in [-0.1, -0.05) is 6.92 Å². The van der Waals surface area contributed by atoms with E-state index in [-0.39, 0.29) is 6.54 Å². The molecule has 0 radical (unpaired) electrons. The minimum Gasteiger partial charge on any atom is -0.365 e. The van der Waals surface area contributed by atoms with E-state index >= 15 is 0 Å². The van der Waals surface area contributed by atoms with Crippen LogP contribution in [-0.4, -0.2) is 29.1 Å². The first-order valence-corrected chi connectivity index (χ1v) is 3.21. The van der Waals surface area contributed by atoms with Crippen molar-refractivity contribution in [1.82, 2.24) is 5.32 Å². The van der Waals surface area contributed by atoms with Crippen LogP contribution in [-0.2, 0) is 0 Å². The van der Waals surface area contributed by atoms with Crippen molar-refractivity contribution in [3.05, 3.63) is 0 Å². The quantitative estimate of drug-likeness (QED) is 0.364. The predicted octanol–water partition coefficient (Wildman–Crippen LogP) is -0.313. The van der Waals surface area contributed by atoms with Gasteiger partial charge in [-0.05, 0) is 19.9 Å². The Hall–Kier alpha value is -0.120. The maximum Gasteiger partial charge on any atom is 0.172 e. The number of hydrogen-bond acceptors (Lipinski definition) is 3. The van der Waals surface area contributed by atoms with Crippen molar-refractivity contribution < 1.29 is 10.2 Å². The summed E-state index contributed by atoms with van der Waals surface area (Å²) in [4.78, 5) is 0. The van der Waals surface area contributed by atoms with E-state index in [4.69, 9.17) is 10.2 Å². The zero-order valence-electron chi connectivity index (χ0n) is 6.02. The van der Waals surface area contributed by atoms with E-state index in [1.54, 1.807) is 0 Å². The van der Waals surface area contributed by atoms with E-state index in [1.807, 2.05) is 6.92 Å². The van der Waals surface area contributed by atoms with Crippen molar-refractivity contribution in [2.75, 3.05) is 13.1 Å². The van der Waals surface area contributed by atoms with Crippen molar-refractivity contribution in [1.29, 1.82) is 0 Å². The smallest absolute Gasteiger partial charge is 0.172 e. The van der Waals surface area contributed by atoms with E-state index in [9.17, 15) is 0 Å². The number of nitrogens with one attached hydrogen (secondary N) is 1. The molecule has 0 aromatic carbocycles. The van der Waals surface area contributed by atoms with E-state index < -0.39 is 5.79 Å². The van der Waals surface area contributed by atoms with Gasteiger partial charge >= 0.3 is 0 Å². The Balaban J connectivity index is 3.07. The molecule has 0 rings (SSSR count). The first kappa shape index (κ1) is 8.88. The molecule has 0 aliphatic heterocycles. The van der Waals surface area contributed by atoms with E-state index in [2.05, 4.69) is 5.32 Å². The Labute approximate surface area is 55.7 Å². The highest BCUT2D eigenvalue weighted by atomic mass is 16.5. The van der Waals surface area contributed by atoms with Gasteiger partial charge in [0.2, 0.25) is 0 Å². The van der Waals surface area contributed by atoms with Crippen molar-refractivity contribution in [2.45, 2.75) is 26.1 Å². The Kier molecular flexibility index (Phi) is 3.77. The molecule has 0 aromatic heterocycles. The lowest BCUT2D eigenvalue weighted by molar-refractivity contribution is -0.140. The Morgan fingerprint density at radius 2 is 2.00 bits per heavy atom. The molecule has 0 bridgehead atoms. The van der Waals surface area contributed by atoms with Crippen molar-refractivity contribution in [3.8, 4) is 0 Å². The first-order chi connectivity index (χ1) is 4.06. The fourth-order valence-electron chi connectivity index (χ4n) is 0.502. The average Bonchev–Trinajstić information content (AvgIpc) is 1.63.